The van der Waals surface area contributed by atoms with Crippen LogP contribution in [0.4, 0.5) is 11.4 Å². The molecule has 4 aromatic carbocycles. The summed E-state index contributed by atoms with van der Waals surface area (Å²) in [5.41, 5.74) is 10.0. The van der Waals surface area contributed by atoms with Crippen LogP contribution in [0.2, 0.25) is 0 Å². The fraction of sp³-hybridized carbons (Fsp3) is 0.103. The number of carbonyl (C=O) groups excluding carboxylic acids is 1. The number of nitrogens with zero attached hydrogens (tertiary/aromatic N) is 1. The highest BCUT2D eigenvalue weighted by Gasteiger charge is 2.16. The average Bonchev–Trinajstić information content (AvgIpc) is 2.89. The fourth-order valence-electron chi connectivity index (χ4n) is 4.05. The molecule has 4 N–H and O–H groups in total. The maximum Gasteiger partial charge on any atom is 0.243 e. The van der Waals surface area contributed by atoms with Crippen molar-refractivity contribution in [3.8, 4) is 11.1 Å². The number of amidine groups is 1. The number of carbonyl (C=O) groups is 1. The SMILES string of the molecule is CS(=O)(=O)c1ccccc1-c1ccc(NC(=O)CN(Cc2ccccc2)c2cccc(C(=N)N)c2)cc1. The Hall–Kier alpha value is -4.43. The third-order valence-electron chi connectivity index (χ3n) is 5.84. The van der Waals surface area contributed by atoms with E-state index < -0.39 is 9.84 Å². The summed E-state index contributed by atoms with van der Waals surface area (Å²) in [6.07, 6.45) is 1.19. The Morgan fingerprint density at radius 2 is 1.57 bits per heavy atom. The van der Waals surface area contributed by atoms with Crippen LogP contribution in [0.3, 0.4) is 0 Å². The predicted octanol–water partition coefficient (Wildman–Crippen LogP) is 4.69. The normalized spacial score (nSPS) is 11.1. The Morgan fingerprint density at radius 3 is 2.24 bits per heavy atom. The zero-order valence-corrected chi connectivity index (χ0v) is 21.2. The number of amides is 1. The Labute approximate surface area is 217 Å². The highest BCUT2D eigenvalue weighted by Crippen LogP contribution is 2.28. The van der Waals surface area contributed by atoms with E-state index in [1.54, 1.807) is 60.7 Å². The maximum atomic E-state index is 13.0. The van der Waals surface area contributed by atoms with Gasteiger partial charge in [-0.1, -0.05) is 72.8 Å². The lowest BCUT2D eigenvalue weighted by atomic mass is 10.1. The van der Waals surface area contributed by atoms with Crippen molar-refractivity contribution >= 4 is 33.0 Å². The van der Waals surface area contributed by atoms with Crippen LogP contribution < -0.4 is 16.0 Å². The minimum atomic E-state index is -3.38. The number of anilines is 2. The number of rotatable bonds is 9. The monoisotopic (exact) mass is 512 g/mol. The molecule has 0 heterocycles. The lowest BCUT2D eigenvalue weighted by molar-refractivity contribution is -0.115. The number of nitrogen functional groups attached to an aromatic ring is 1. The summed E-state index contributed by atoms with van der Waals surface area (Å²) in [4.78, 5) is 15.2. The van der Waals surface area contributed by atoms with Crippen molar-refractivity contribution in [1.29, 1.82) is 5.41 Å². The lowest BCUT2D eigenvalue weighted by Gasteiger charge is -2.25. The third kappa shape index (κ3) is 6.62. The molecule has 0 aliphatic carbocycles. The lowest BCUT2D eigenvalue weighted by Crippen LogP contribution is -2.33. The van der Waals surface area contributed by atoms with Crippen LogP contribution in [-0.2, 0) is 21.2 Å². The standard InChI is InChI=1S/C29H28N4O3S/c1-37(35,36)27-13-6-5-12-26(27)22-14-16-24(17-15-22)32-28(34)20-33(19-21-8-3-2-4-9-21)25-11-7-10-23(18-25)29(30)31/h2-18H,19-20H2,1H3,(H3,30,31)(H,32,34). The van der Waals surface area contributed by atoms with Crippen molar-refractivity contribution in [3.05, 3.63) is 114 Å². The summed E-state index contributed by atoms with van der Waals surface area (Å²) in [7, 11) is -3.38. The minimum absolute atomic E-state index is 0.0384. The van der Waals surface area contributed by atoms with E-state index in [0.29, 0.717) is 23.4 Å². The molecule has 0 bridgehead atoms. The van der Waals surface area contributed by atoms with Gasteiger partial charge in [0, 0.05) is 35.3 Å². The Morgan fingerprint density at radius 1 is 0.892 bits per heavy atom. The number of nitrogens with two attached hydrogens (primary N) is 1. The second-order valence-electron chi connectivity index (χ2n) is 8.70. The summed E-state index contributed by atoms with van der Waals surface area (Å²) < 4.78 is 24.3. The quantitative estimate of drug-likeness (QED) is 0.222. The van der Waals surface area contributed by atoms with Gasteiger partial charge < -0.3 is 16.0 Å². The van der Waals surface area contributed by atoms with Crippen molar-refractivity contribution in [2.75, 3.05) is 23.0 Å². The van der Waals surface area contributed by atoms with Gasteiger partial charge >= 0.3 is 0 Å². The number of sulfone groups is 1. The molecule has 0 fully saturated rings. The first kappa shape index (κ1) is 25.7. The molecule has 0 saturated heterocycles. The predicted molar refractivity (Wildman–Crippen MR) is 149 cm³/mol. The first-order chi connectivity index (χ1) is 17.7. The molecule has 37 heavy (non-hydrogen) atoms. The second kappa shape index (κ2) is 11.1. The number of hydrogen-bond donors (Lipinski definition) is 3. The van der Waals surface area contributed by atoms with Crippen molar-refractivity contribution in [2.24, 2.45) is 5.73 Å². The highest BCUT2D eigenvalue weighted by atomic mass is 32.2. The van der Waals surface area contributed by atoms with E-state index in [1.165, 1.54) is 6.26 Å². The molecule has 0 aliphatic rings. The molecule has 7 nitrogen and oxygen atoms in total. The van der Waals surface area contributed by atoms with E-state index in [4.69, 9.17) is 11.1 Å². The van der Waals surface area contributed by atoms with Crippen LogP contribution in [0.1, 0.15) is 11.1 Å². The topological polar surface area (TPSA) is 116 Å². The number of hydrogen-bond acceptors (Lipinski definition) is 5. The number of benzene rings is 4. The summed E-state index contributed by atoms with van der Waals surface area (Å²) in [5, 5.41) is 10.7. The van der Waals surface area contributed by atoms with Crippen LogP contribution in [0.15, 0.2) is 108 Å². The van der Waals surface area contributed by atoms with Crippen LogP contribution in [-0.4, -0.2) is 33.0 Å². The maximum absolute atomic E-state index is 13.0. The second-order valence-corrected chi connectivity index (χ2v) is 10.7. The summed E-state index contributed by atoms with van der Waals surface area (Å²) in [6, 6.07) is 31.0. The van der Waals surface area contributed by atoms with Gasteiger partial charge in [0.05, 0.1) is 11.4 Å². The van der Waals surface area contributed by atoms with Crippen molar-refractivity contribution < 1.29 is 13.2 Å². The van der Waals surface area contributed by atoms with E-state index in [1.807, 2.05) is 47.4 Å². The molecule has 0 spiro atoms. The van der Waals surface area contributed by atoms with Crippen molar-refractivity contribution in [1.82, 2.24) is 0 Å². The molecular formula is C29H28N4O3S. The molecule has 0 unspecified atom stereocenters. The summed E-state index contributed by atoms with van der Waals surface area (Å²) in [5.74, 6) is -0.253. The van der Waals surface area contributed by atoms with Gasteiger partial charge in [-0.3, -0.25) is 10.2 Å². The Balaban J connectivity index is 1.53. The number of nitrogens with one attached hydrogen (secondary N) is 2. The summed E-state index contributed by atoms with van der Waals surface area (Å²) >= 11 is 0. The molecule has 0 aromatic heterocycles. The van der Waals surface area contributed by atoms with Gasteiger partial charge in [-0.05, 0) is 41.5 Å². The van der Waals surface area contributed by atoms with Crippen LogP contribution in [0, 0.1) is 5.41 Å². The minimum Gasteiger partial charge on any atom is -0.384 e. The van der Waals surface area contributed by atoms with Crippen LogP contribution >= 0.6 is 0 Å². The highest BCUT2D eigenvalue weighted by molar-refractivity contribution is 7.90. The smallest absolute Gasteiger partial charge is 0.243 e. The molecule has 1 amide bonds. The zero-order valence-electron chi connectivity index (χ0n) is 20.4. The van der Waals surface area contributed by atoms with Crippen LogP contribution in [0.25, 0.3) is 11.1 Å². The van der Waals surface area contributed by atoms with Gasteiger partial charge in [-0.15, -0.1) is 0 Å². The van der Waals surface area contributed by atoms with E-state index in [0.717, 1.165) is 16.8 Å². The largest absolute Gasteiger partial charge is 0.384 e. The van der Waals surface area contributed by atoms with E-state index in [9.17, 15) is 13.2 Å². The van der Waals surface area contributed by atoms with Crippen molar-refractivity contribution in [2.45, 2.75) is 11.4 Å². The van der Waals surface area contributed by atoms with E-state index >= 15 is 0 Å². The fourth-order valence-corrected chi connectivity index (χ4v) is 4.96. The molecule has 0 saturated carbocycles. The van der Waals surface area contributed by atoms with Crippen molar-refractivity contribution in [3.63, 3.8) is 0 Å². The summed E-state index contributed by atoms with van der Waals surface area (Å²) in [6.45, 7) is 0.575. The van der Waals surface area contributed by atoms with Gasteiger partial charge in [-0.2, -0.15) is 0 Å². The molecule has 8 heteroatoms. The average molecular weight is 513 g/mol. The van der Waals surface area contributed by atoms with E-state index in [-0.39, 0.29) is 23.2 Å². The molecule has 4 aromatic rings. The molecule has 4 rings (SSSR count). The van der Waals surface area contributed by atoms with Gasteiger partial charge in [0.15, 0.2) is 9.84 Å². The van der Waals surface area contributed by atoms with Gasteiger partial charge in [0.25, 0.3) is 0 Å². The first-order valence-electron chi connectivity index (χ1n) is 11.6. The third-order valence-corrected chi connectivity index (χ3v) is 6.99. The molecule has 188 valence electrons. The van der Waals surface area contributed by atoms with Gasteiger partial charge in [0.2, 0.25) is 5.91 Å². The van der Waals surface area contributed by atoms with Gasteiger partial charge in [-0.25, -0.2) is 8.42 Å². The molecular weight excluding hydrogens is 484 g/mol. The zero-order chi connectivity index (χ0) is 26.4. The van der Waals surface area contributed by atoms with E-state index in [2.05, 4.69) is 5.32 Å². The first-order valence-corrected chi connectivity index (χ1v) is 13.5. The molecule has 0 atom stereocenters. The Kier molecular flexibility index (Phi) is 7.69. The molecule has 0 radical (unpaired) electrons. The molecule has 0 aliphatic heterocycles. The van der Waals surface area contributed by atoms with Gasteiger partial charge in [0.1, 0.15) is 5.84 Å². The van der Waals surface area contributed by atoms with Crippen LogP contribution in [0.5, 0.6) is 0 Å². The Bertz CT molecular complexity index is 1520.